The first-order valence-electron chi connectivity index (χ1n) is 28.7. The number of imide groups is 1. The molecule has 84 heavy (non-hydrogen) atoms. The van der Waals surface area contributed by atoms with Gasteiger partial charge in [-0.1, -0.05) is 85.8 Å². The summed E-state index contributed by atoms with van der Waals surface area (Å²) in [4.78, 5) is 44.4. The number of ether oxygens (including phenoxy) is 1. The van der Waals surface area contributed by atoms with E-state index in [2.05, 4.69) is 64.2 Å². The van der Waals surface area contributed by atoms with E-state index in [1.807, 2.05) is 85.8 Å². The van der Waals surface area contributed by atoms with E-state index < -0.39 is 49.0 Å². The van der Waals surface area contributed by atoms with Crippen molar-refractivity contribution >= 4 is 54.2 Å². The summed E-state index contributed by atoms with van der Waals surface area (Å²) >= 11 is 0. The number of carbonyl (C=O) groups is 3. The summed E-state index contributed by atoms with van der Waals surface area (Å²) < 4.78 is 79.0. The fourth-order valence-corrected chi connectivity index (χ4v) is 13.5. The van der Waals surface area contributed by atoms with Gasteiger partial charge in [0.15, 0.2) is 8.32 Å². The molecule has 7 aromatic carbocycles. The molecule has 442 valence electrons. The summed E-state index contributed by atoms with van der Waals surface area (Å²) in [6.45, 7) is 21.2. The van der Waals surface area contributed by atoms with Crippen LogP contribution in [0.2, 0.25) is 58.9 Å². The molecule has 2 heterocycles. The number of nitrogens with zero attached hydrogens (tertiary/aromatic N) is 2. The van der Waals surface area contributed by atoms with E-state index in [0.717, 1.165) is 39.3 Å². The highest BCUT2D eigenvalue weighted by Gasteiger charge is 2.49. The summed E-state index contributed by atoms with van der Waals surface area (Å²) in [6.07, 6.45) is 1.32. The normalized spacial score (nSPS) is 17.7. The van der Waals surface area contributed by atoms with Gasteiger partial charge < -0.3 is 28.2 Å². The Bertz CT molecular complexity index is 3290. The zero-order valence-electron chi connectivity index (χ0n) is 49.6. The number of carbonyl (C=O) groups excluding carboxylic acids is 3. The van der Waals surface area contributed by atoms with Crippen molar-refractivity contribution in [3.8, 4) is 11.5 Å². The number of hydrogen-bond acceptors (Lipinski definition) is 8. The van der Waals surface area contributed by atoms with Gasteiger partial charge in [-0.3, -0.25) is 9.59 Å². The van der Waals surface area contributed by atoms with Crippen molar-refractivity contribution in [2.75, 3.05) is 16.8 Å². The van der Waals surface area contributed by atoms with Crippen molar-refractivity contribution < 1.29 is 50.0 Å². The second-order valence-electron chi connectivity index (χ2n) is 24.6. The topological polar surface area (TPSA) is 107 Å². The first kappa shape index (κ1) is 62.7. The van der Waals surface area contributed by atoms with E-state index in [1.165, 1.54) is 53.4 Å². The Hall–Kier alpha value is -7.32. The summed E-state index contributed by atoms with van der Waals surface area (Å²) in [6, 6.07) is 48.5. The Morgan fingerprint density at radius 3 is 1.58 bits per heavy atom. The molecule has 17 heteroatoms. The van der Waals surface area contributed by atoms with Crippen molar-refractivity contribution in [2.24, 2.45) is 11.8 Å². The van der Waals surface area contributed by atoms with E-state index in [-0.39, 0.29) is 65.7 Å². The van der Waals surface area contributed by atoms with Gasteiger partial charge >= 0.3 is 6.09 Å². The third-order valence-corrected chi connectivity index (χ3v) is 17.3. The van der Waals surface area contributed by atoms with Gasteiger partial charge in [0.05, 0.1) is 30.0 Å². The maximum Gasteiger partial charge on any atom is 0.417 e. The van der Waals surface area contributed by atoms with Crippen LogP contribution in [0.4, 0.5) is 33.7 Å². The van der Waals surface area contributed by atoms with E-state index in [1.54, 1.807) is 53.4 Å². The molecule has 7 atom stereocenters. The lowest BCUT2D eigenvalue weighted by molar-refractivity contribution is -0.134. The molecule has 2 fully saturated rings. The number of rotatable bonds is 22. The molecule has 2 aliphatic rings. The molecule has 0 aromatic heterocycles. The SMILES string of the molecule is C[C@@H](CC[C@@H](C(=O)N1C(=O)OC[C@@H]1c1ccccc1)[C@H](Nc1ccc(F)cc1)c1ccc(O[Si](C)(C)C)cc1)c1ccc(F)cc1.C[Si](C)(C)Oc1ccc([C@@H]2[C@@H](CC[C@H](O[Si](C)(C)C)c3ccc(F)cc3)C(=O)N2c2ccc(F)cc2)cc1. The minimum Gasteiger partial charge on any atom is -0.544 e. The summed E-state index contributed by atoms with van der Waals surface area (Å²) in [5.41, 5.74) is 5.79. The molecule has 0 saturated carbocycles. The Morgan fingerprint density at radius 2 is 1.06 bits per heavy atom. The second-order valence-corrected chi connectivity index (χ2v) is 37.9. The van der Waals surface area contributed by atoms with Gasteiger partial charge in [-0.15, -0.1) is 0 Å². The number of hydrogen-bond donors (Lipinski definition) is 1. The minimum absolute atomic E-state index is 0.00495. The molecular formula is C67H77F4N3O7Si3. The third-order valence-electron chi connectivity index (χ3n) is 14.6. The van der Waals surface area contributed by atoms with E-state index >= 15 is 0 Å². The standard InChI is InChI=1S/C37H40F2N2O4Si.C30H37F2NO3Si2/c1-25(26-11-15-29(38)16-12-26)10-23-33(36(42)41-34(24-44-37(41)43)27-8-6-5-7-9-27)35(40-31-19-17-30(39)18-20-31)28-13-21-32(22-14-28)45-46(2,3)4;1-37(2,3)35-26-17-9-22(10-18-26)29-27(30(34)33(29)25-15-13-24(32)14-16-25)19-20-28(36-38(4,5)6)21-7-11-23(31)12-8-21/h5-9,11-22,25,33-35,40H,10,23-24H2,1-4H3;7-18,27-29H,19-20H2,1-6H3/t25-,33+,34+,35+;27-,28+,29-/m01/s1. The predicted octanol–water partition coefficient (Wildman–Crippen LogP) is 17.5. The zero-order chi connectivity index (χ0) is 60.5. The maximum absolute atomic E-state index is 14.7. The summed E-state index contributed by atoms with van der Waals surface area (Å²) in [7, 11) is -5.52. The molecule has 0 bridgehead atoms. The van der Waals surface area contributed by atoms with E-state index in [0.29, 0.717) is 37.1 Å². The zero-order valence-corrected chi connectivity index (χ0v) is 52.6. The van der Waals surface area contributed by atoms with Crippen LogP contribution in [-0.2, 0) is 18.8 Å². The number of amides is 3. The fraction of sp³-hybridized carbons (Fsp3) is 0.328. The lowest BCUT2D eigenvalue weighted by Gasteiger charge is -2.48. The van der Waals surface area contributed by atoms with Gasteiger partial charge in [0.1, 0.15) is 47.4 Å². The molecule has 0 aliphatic carbocycles. The molecule has 2 aliphatic heterocycles. The van der Waals surface area contributed by atoms with Crippen molar-refractivity contribution in [3.63, 3.8) is 0 Å². The Labute approximate surface area is 495 Å². The van der Waals surface area contributed by atoms with Crippen molar-refractivity contribution in [1.82, 2.24) is 4.90 Å². The maximum atomic E-state index is 14.7. The monoisotopic (exact) mass is 1200 g/mol. The van der Waals surface area contributed by atoms with Crippen molar-refractivity contribution in [2.45, 2.75) is 122 Å². The number of β-lactam (4-membered cyclic amide) rings is 1. The molecule has 2 saturated heterocycles. The number of nitrogens with one attached hydrogen (secondary N) is 1. The highest BCUT2D eigenvalue weighted by Crippen LogP contribution is 2.47. The van der Waals surface area contributed by atoms with Crippen molar-refractivity contribution in [1.29, 1.82) is 0 Å². The van der Waals surface area contributed by atoms with Crippen LogP contribution < -0.4 is 19.1 Å². The van der Waals surface area contributed by atoms with Crippen LogP contribution in [0.25, 0.3) is 0 Å². The highest BCUT2D eigenvalue weighted by molar-refractivity contribution is 6.71. The van der Waals surface area contributed by atoms with Gasteiger partial charge in [-0.2, -0.15) is 0 Å². The average molecular weight is 1200 g/mol. The number of benzene rings is 7. The highest BCUT2D eigenvalue weighted by atomic mass is 28.4. The Kier molecular flexibility index (Phi) is 20.3. The van der Waals surface area contributed by atoms with Crippen LogP contribution in [0.5, 0.6) is 11.5 Å². The smallest absolute Gasteiger partial charge is 0.417 e. The Morgan fingerprint density at radius 1 is 0.571 bits per heavy atom. The van der Waals surface area contributed by atoms with Gasteiger partial charge in [-0.05, 0) is 215 Å². The third kappa shape index (κ3) is 16.9. The first-order valence-corrected chi connectivity index (χ1v) is 38.9. The number of anilines is 2. The molecule has 0 spiro atoms. The van der Waals surface area contributed by atoms with Crippen LogP contribution in [0.3, 0.4) is 0 Å². The van der Waals surface area contributed by atoms with Crippen LogP contribution >= 0.6 is 0 Å². The fourth-order valence-electron chi connectivity index (χ4n) is 10.7. The molecular weight excluding hydrogens is 1120 g/mol. The predicted molar refractivity (Wildman–Crippen MR) is 331 cm³/mol. The van der Waals surface area contributed by atoms with Gasteiger partial charge in [0.2, 0.25) is 28.4 Å². The van der Waals surface area contributed by atoms with Crippen molar-refractivity contribution in [3.05, 3.63) is 227 Å². The summed E-state index contributed by atoms with van der Waals surface area (Å²) in [5.74, 6) is -1.09. The molecule has 0 unspecified atom stereocenters. The van der Waals surface area contributed by atoms with Crippen LogP contribution in [0.15, 0.2) is 176 Å². The summed E-state index contributed by atoms with van der Waals surface area (Å²) in [5, 5.41) is 3.49. The van der Waals surface area contributed by atoms with Crippen LogP contribution in [-0.4, -0.2) is 54.4 Å². The van der Waals surface area contributed by atoms with Crippen LogP contribution in [0, 0.1) is 35.1 Å². The first-order chi connectivity index (χ1) is 39.8. The van der Waals surface area contributed by atoms with Gasteiger partial charge in [0.25, 0.3) is 0 Å². The molecule has 3 amide bonds. The Balaban J connectivity index is 0.000000223. The molecule has 9 rings (SSSR count). The quantitative estimate of drug-likeness (QED) is 0.0406. The molecule has 1 N–H and O–H groups in total. The van der Waals surface area contributed by atoms with Gasteiger partial charge in [0, 0.05) is 11.4 Å². The average Bonchev–Trinajstić information content (AvgIpc) is 3.60. The molecule has 7 aromatic rings. The lowest BCUT2D eigenvalue weighted by atomic mass is 9.78. The number of halogens is 4. The van der Waals surface area contributed by atoms with Crippen LogP contribution in [0.1, 0.15) is 90.6 Å². The van der Waals surface area contributed by atoms with E-state index in [4.69, 9.17) is 18.0 Å². The largest absolute Gasteiger partial charge is 0.544 e. The molecule has 10 nitrogen and oxygen atoms in total. The minimum atomic E-state index is -1.91. The second kappa shape index (κ2) is 27.2. The van der Waals surface area contributed by atoms with Gasteiger partial charge in [-0.25, -0.2) is 27.3 Å². The lowest BCUT2D eigenvalue weighted by Crippen LogP contribution is -2.55. The molecule has 0 radical (unpaired) electrons. The van der Waals surface area contributed by atoms with E-state index in [9.17, 15) is 31.9 Å². The number of cyclic esters (lactones) is 1.